The van der Waals surface area contributed by atoms with Crippen LogP contribution in [0, 0.1) is 5.41 Å². The molecule has 0 saturated heterocycles. The molecule has 0 atom stereocenters. The SMILES string of the molecule is O=C(O)C1(CNc2nc(-c3ccc(Oc4ccccc4)cc3)c(-c3cncnc3)o2)CC1. The number of rotatable bonds is 8. The number of ether oxygens (including phenoxy) is 1. The second kappa shape index (κ2) is 8.14. The highest BCUT2D eigenvalue weighted by Crippen LogP contribution is 2.46. The van der Waals surface area contributed by atoms with Crippen LogP contribution in [0.3, 0.4) is 0 Å². The molecular formula is C24H20N4O4. The van der Waals surface area contributed by atoms with Crippen LogP contribution in [-0.4, -0.2) is 32.6 Å². The molecule has 2 aromatic heterocycles. The van der Waals surface area contributed by atoms with Gasteiger partial charge in [0.05, 0.1) is 11.0 Å². The van der Waals surface area contributed by atoms with Crippen molar-refractivity contribution in [3.05, 3.63) is 73.3 Å². The highest BCUT2D eigenvalue weighted by Gasteiger charge is 2.50. The predicted octanol–water partition coefficient (Wildman–Crippen LogP) is 4.87. The normalized spacial score (nSPS) is 14.0. The third-order valence-corrected chi connectivity index (χ3v) is 5.44. The lowest BCUT2D eigenvalue weighted by Crippen LogP contribution is -2.24. The Morgan fingerprint density at radius 3 is 2.34 bits per heavy atom. The first-order valence-electron chi connectivity index (χ1n) is 10.2. The molecule has 2 aromatic carbocycles. The van der Waals surface area contributed by atoms with Crippen LogP contribution in [0.15, 0.2) is 77.7 Å². The van der Waals surface area contributed by atoms with E-state index in [0.717, 1.165) is 11.3 Å². The average molecular weight is 428 g/mol. The first-order chi connectivity index (χ1) is 15.6. The molecular weight excluding hydrogens is 408 g/mol. The van der Waals surface area contributed by atoms with E-state index in [4.69, 9.17) is 9.15 Å². The zero-order valence-corrected chi connectivity index (χ0v) is 17.1. The minimum atomic E-state index is -0.803. The molecule has 0 aliphatic heterocycles. The molecule has 1 fully saturated rings. The summed E-state index contributed by atoms with van der Waals surface area (Å²) < 4.78 is 11.8. The zero-order chi connectivity index (χ0) is 22.0. The van der Waals surface area contributed by atoms with Crippen molar-refractivity contribution in [1.82, 2.24) is 15.0 Å². The standard InChI is InChI=1S/C24H20N4O4/c29-22(30)24(10-11-24)14-27-23-28-20(21(32-23)17-12-25-15-26-13-17)16-6-8-19(9-7-16)31-18-4-2-1-3-5-18/h1-9,12-13,15H,10-11,14H2,(H,27,28)(H,29,30). The Morgan fingerprint density at radius 1 is 1.00 bits per heavy atom. The molecule has 0 radical (unpaired) electrons. The number of nitrogens with zero attached hydrogens (tertiary/aromatic N) is 3. The van der Waals surface area contributed by atoms with E-state index < -0.39 is 11.4 Å². The molecule has 1 aliphatic carbocycles. The van der Waals surface area contributed by atoms with Gasteiger partial charge in [0.25, 0.3) is 6.01 Å². The lowest BCUT2D eigenvalue weighted by molar-refractivity contribution is -0.142. The smallest absolute Gasteiger partial charge is 0.311 e. The topological polar surface area (TPSA) is 110 Å². The third-order valence-electron chi connectivity index (χ3n) is 5.44. The fourth-order valence-corrected chi connectivity index (χ4v) is 3.37. The summed E-state index contributed by atoms with van der Waals surface area (Å²) >= 11 is 0. The number of benzene rings is 2. The van der Waals surface area contributed by atoms with Gasteiger partial charge in [-0.2, -0.15) is 4.98 Å². The van der Waals surface area contributed by atoms with Gasteiger partial charge in [0.15, 0.2) is 5.76 Å². The molecule has 0 amide bonds. The number of anilines is 1. The van der Waals surface area contributed by atoms with Gasteiger partial charge in [0.2, 0.25) is 0 Å². The van der Waals surface area contributed by atoms with Crippen molar-refractivity contribution in [2.75, 3.05) is 11.9 Å². The number of nitrogens with one attached hydrogen (secondary N) is 1. The van der Waals surface area contributed by atoms with Crippen LogP contribution < -0.4 is 10.1 Å². The van der Waals surface area contributed by atoms with Gasteiger partial charge >= 0.3 is 5.97 Å². The molecule has 2 heterocycles. The summed E-state index contributed by atoms with van der Waals surface area (Å²) in [4.78, 5) is 24.2. The minimum Gasteiger partial charge on any atom is -0.481 e. The number of para-hydroxylation sites is 1. The molecule has 1 aliphatic rings. The molecule has 32 heavy (non-hydrogen) atoms. The average Bonchev–Trinajstić information content (AvgIpc) is 3.52. The van der Waals surface area contributed by atoms with Crippen molar-refractivity contribution in [1.29, 1.82) is 0 Å². The number of carboxylic acid groups (broad SMARTS) is 1. The maximum absolute atomic E-state index is 11.5. The van der Waals surface area contributed by atoms with E-state index in [9.17, 15) is 9.90 Å². The van der Waals surface area contributed by atoms with Crippen LogP contribution in [0.1, 0.15) is 12.8 Å². The number of carboxylic acids is 1. The Hall–Kier alpha value is -4.20. The van der Waals surface area contributed by atoms with Crippen LogP contribution in [0.5, 0.6) is 11.5 Å². The van der Waals surface area contributed by atoms with Crippen molar-refractivity contribution in [3.8, 4) is 34.1 Å². The number of hydrogen-bond acceptors (Lipinski definition) is 7. The number of oxazole rings is 1. The van der Waals surface area contributed by atoms with E-state index in [0.29, 0.717) is 35.6 Å². The highest BCUT2D eigenvalue weighted by atomic mass is 16.5. The van der Waals surface area contributed by atoms with Gasteiger partial charge < -0.3 is 19.6 Å². The molecule has 1 saturated carbocycles. The summed E-state index contributed by atoms with van der Waals surface area (Å²) in [6, 6.07) is 17.3. The quantitative estimate of drug-likeness (QED) is 0.409. The van der Waals surface area contributed by atoms with Crippen molar-refractivity contribution < 1.29 is 19.1 Å². The van der Waals surface area contributed by atoms with Crippen LogP contribution in [0.4, 0.5) is 6.01 Å². The summed E-state index contributed by atoms with van der Waals surface area (Å²) in [5.41, 5.74) is 1.36. The molecule has 8 heteroatoms. The van der Waals surface area contributed by atoms with E-state index in [1.54, 1.807) is 12.4 Å². The summed E-state index contributed by atoms with van der Waals surface area (Å²) in [7, 11) is 0. The van der Waals surface area contributed by atoms with Gasteiger partial charge in [0, 0.05) is 24.5 Å². The molecule has 0 spiro atoms. The minimum absolute atomic E-state index is 0.260. The number of aromatic nitrogens is 3. The van der Waals surface area contributed by atoms with E-state index in [-0.39, 0.29) is 12.6 Å². The Balaban J connectivity index is 1.42. The van der Waals surface area contributed by atoms with Gasteiger partial charge in [-0.15, -0.1) is 0 Å². The second-order valence-electron chi connectivity index (χ2n) is 7.70. The monoisotopic (exact) mass is 428 g/mol. The molecule has 0 bridgehead atoms. The van der Waals surface area contributed by atoms with Crippen molar-refractivity contribution in [3.63, 3.8) is 0 Å². The van der Waals surface area contributed by atoms with Crippen molar-refractivity contribution in [2.24, 2.45) is 5.41 Å². The van der Waals surface area contributed by atoms with Gasteiger partial charge in [-0.3, -0.25) is 4.79 Å². The predicted molar refractivity (Wildman–Crippen MR) is 117 cm³/mol. The van der Waals surface area contributed by atoms with Gasteiger partial charge in [-0.1, -0.05) is 18.2 Å². The molecule has 8 nitrogen and oxygen atoms in total. The van der Waals surface area contributed by atoms with Crippen molar-refractivity contribution in [2.45, 2.75) is 12.8 Å². The molecule has 4 aromatic rings. The van der Waals surface area contributed by atoms with Crippen LogP contribution in [0.2, 0.25) is 0 Å². The Morgan fingerprint density at radius 2 is 1.69 bits per heavy atom. The summed E-state index contributed by atoms with van der Waals surface area (Å²) in [5.74, 6) is 1.15. The molecule has 0 unspecified atom stereocenters. The number of hydrogen-bond donors (Lipinski definition) is 2. The van der Waals surface area contributed by atoms with Crippen LogP contribution in [0.25, 0.3) is 22.6 Å². The van der Waals surface area contributed by atoms with E-state index in [2.05, 4.69) is 20.3 Å². The highest BCUT2D eigenvalue weighted by molar-refractivity contribution is 5.79. The first-order valence-corrected chi connectivity index (χ1v) is 10.2. The molecule has 2 N–H and O–H groups in total. The van der Waals surface area contributed by atoms with Crippen LogP contribution >= 0.6 is 0 Å². The second-order valence-corrected chi connectivity index (χ2v) is 7.70. The lowest BCUT2D eigenvalue weighted by atomic mass is 10.1. The van der Waals surface area contributed by atoms with E-state index >= 15 is 0 Å². The largest absolute Gasteiger partial charge is 0.481 e. The number of aliphatic carboxylic acids is 1. The fourth-order valence-electron chi connectivity index (χ4n) is 3.37. The maximum Gasteiger partial charge on any atom is 0.311 e. The maximum atomic E-state index is 11.5. The van der Waals surface area contributed by atoms with Gasteiger partial charge in [-0.05, 0) is 49.2 Å². The Bertz CT molecular complexity index is 1220. The molecule has 5 rings (SSSR count). The third kappa shape index (κ3) is 4.02. The lowest BCUT2D eigenvalue weighted by Gasteiger charge is -2.08. The summed E-state index contributed by atoms with van der Waals surface area (Å²) in [6.07, 6.45) is 6.02. The first kappa shape index (κ1) is 19.7. The summed E-state index contributed by atoms with van der Waals surface area (Å²) in [5, 5.41) is 12.5. The summed E-state index contributed by atoms with van der Waals surface area (Å²) in [6.45, 7) is 0.261. The fraction of sp³-hybridized carbons (Fsp3) is 0.167. The van der Waals surface area contributed by atoms with E-state index in [1.165, 1.54) is 6.33 Å². The number of carbonyl (C=O) groups is 1. The zero-order valence-electron chi connectivity index (χ0n) is 17.1. The Kier molecular flexibility index (Phi) is 5.03. The Labute approximate surface area is 183 Å². The van der Waals surface area contributed by atoms with Gasteiger partial charge in [0.1, 0.15) is 23.5 Å². The van der Waals surface area contributed by atoms with Crippen molar-refractivity contribution >= 4 is 12.0 Å². The van der Waals surface area contributed by atoms with E-state index in [1.807, 2.05) is 54.6 Å². The van der Waals surface area contributed by atoms with Gasteiger partial charge in [-0.25, -0.2) is 9.97 Å². The van der Waals surface area contributed by atoms with Crippen LogP contribution in [-0.2, 0) is 4.79 Å². The molecule has 160 valence electrons.